The normalized spacial score (nSPS) is 13.2. The highest BCUT2D eigenvalue weighted by atomic mass is 16.5. The molecule has 2 aromatic rings. The molecule has 0 spiro atoms. The van der Waals surface area contributed by atoms with Gasteiger partial charge in [0.05, 0.1) is 6.61 Å². The summed E-state index contributed by atoms with van der Waals surface area (Å²) in [5.41, 5.74) is 5.01. The molecule has 2 heterocycles. The maximum Gasteiger partial charge on any atom is 0.323 e. The number of nitrogens with two attached hydrogens (primary N) is 1. The second-order valence-corrected chi connectivity index (χ2v) is 4.44. The average Bonchev–Trinajstić information content (AvgIpc) is 2.91. The third-order valence-corrected chi connectivity index (χ3v) is 3.13. The Labute approximate surface area is 116 Å². The monoisotopic (exact) mass is 272 g/mol. The van der Waals surface area contributed by atoms with Gasteiger partial charge in [0, 0.05) is 13.1 Å². The fourth-order valence-corrected chi connectivity index (χ4v) is 2.22. The fraction of sp³-hybridized carbons (Fsp3) is 0.308. The Bertz CT molecular complexity index is 593. The Kier molecular flexibility index (Phi) is 3.34. The number of fused-ring (bicyclic) bond motifs is 1. The molecule has 0 amide bonds. The van der Waals surface area contributed by atoms with E-state index in [0.29, 0.717) is 18.5 Å². The quantitative estimate of drug-likeness (QED) is 0.635. The van der Waals surface area contributed by atoms with Crippen LogP contribution in [-0.4, -0.2) is 21.6 Å². The highest BCUT2D eigenvalue weighted by molar-refractivity contribution is 5.45. The van der Waals surface area contributed by atoms with Crippen molar-refractivity contribution in [3.63, 3.8) is 0 Å². The van der Waals surface area contributed by atoms with Crippen molar-refractivity contribution in [3.8, 4) is 6.01 Å². The summed E-state index contributed by atoms with van der Waals surface area (Å²) in [5.74, 6) is 6.25. The SMILES string of the molecule is CCOc1nc(NN)nc(N2Cc3ccccc3C2)n1. The van der Waals surface area contributed by atoms with E-state index in [4.69, 9.17) is 10.6 Å². The van der Waals surface area contributed by atoms with E-state index in [9.17, 15) is 0 Å². The van der Waals surface area contributed by atoms with Crippen molar-refractivity contribution in [3.05, 3.63) is 35.4 Å². The Balaban J connectivity index is 1.89. The van der Waals surface area contributed by atoms with Crippen LogP contribution in [-0.2, 0) is 13.1 Å². The van der Waals surface area contributed by atoms with E-state index >= 15 is 0 Å². The smallest absolute Gasteiger partial charge is 0.323 e. The second kappa shape index (κ2) is 5.30. The van der Waals surface area contributed by atoms with Gasteiger partial charge in [-0.15, -0.1) is 0 Å². The maximum atomic E-state index is 5.39. The largest absolute Gasteiger partial charge is 0.464 e. The summed E-state index contributed by atoms with van der Waals surface area (Å²) in [6.07, 6.45) is 0. The minimum Gasteiger partial charge on any atom is -0.464 e. The van der Waals surface area contributed by atoms with Crippen LogP contribution < -0.4 is 20.9 Å². The number of aromatic nitrogens is 3. The Morgan fingerprint density at radius 2 is 1.90 bits per heavy atom. The number of hydrazine groups is 1. The lowest BCUT2D eigenvalue weighted by molar-refractivity contribution is 0.312. The van der Waals surface area contributed by atoms with Crippen molar-refractivity contribution in [2.45, 2.75) is 20.0 Å². The predicted molar refractivity (Wildman–Crippen MR) is 75.1 cm³/mol. The zero-order chi connectivity index (χ0) is 13.9. The fourth-order valence-electron chi connectivity index (χ4n) is 2.22. The zero-order valence-corrected chi connectivity index (χ0v) is 11.2. The Hall–Kier alpha value is -2.41. The summed E-state index contributed by atoms with van der Waals surface area (Å²) in [6, 6.07) is 8.58. The molecule has 0 atom stereocenters. The third-order valence-electron chi connectivity index (χ3n) is 3.13. The molecular formula is C13H16N6O. The number of rotatable bonds is 4. The zero-order valence-electron chi connectivity index (χ0n) is 11.2. The minimum absolute atomic E-state index is 0.279. The van der Waals surface area contributed by atoms with E-state index < -0.39 is 0 Å². The summed E-state index contributed by atoms with van der Waals surface area (Å²) < 4.78 is 5.34. The average molecular weight is 272 g/mol. The van der Waals surface area contributed by atoms with Crippen molar-refractivity contribution in [2.75, 3.05) is 16.9 Å². The van der Waals surface area contributed by atoms with Crippen LogP contribution in [0.3, 0.4) is 0 Å². The number of hydrogen-bond acceptors (Lipinski definition) is 7. The molecule has 0 unspecified atom stereocenters. The predicted octanol–water partition coefficient (Wildman–Crippen LogP) is 1.08. The van der Waals surface area contributed by atoms with Gasteiger partial charge in [0.15, 0.2) is 0 Å². The molecule has 104 valence electrons. The first-order valence-corrected chi connectivity index (χ1v) is 6.47. The summed E-state index contributed by atoms with van der Waals surface area (Å²) in [7, 11) is 0. The van der Waals surface area contributed by atoms with Crippen LogP contribution in [0.5, 0.6) is 6.01 Å². The van der Waals surface area contributed by atoms with Gasteiger partial charge in [-0.3, -0.25) is 5.43 Å². The van der Waals surface area contributed by atoms with Crippen LogP contribution >= 0.6 is 0 Å². The first kappa shape index (κ1) is 12.6. The van der Waals surface area contributed by atoms with Crippen LogP contribution in [0, 0.1) is 0 Å². The van der Waals surface area contributed by atoms with Gasteiger partial charge < -0.3 is 9.64 Å². The summed E-state index contributed by atoms with van der Waals surface area (Å²) in [6.45, 7) is 3.92. The molecule has 7 nitrogen and oxygen atoms in total. The van der Waals surface area contributed by atoms with E-state index in [1.165, 1.54) is 11.1 Å². The van der Waals surface area contributed by atoms with Crippen molar-refractivity contribution in [1.82, 2.24) is 15.0 Å². The Morgan fingerprint density at radius 3 is 2.50 bits per heavy atom. The highest BCUT2D eigenvalue weighted by Crippen LogP contribution is 2.26. The molecule has 1 aromatic carbocycles. The molecule has 3 N–H and O–H groups in total. The molecule has 1 aliphatic heterocycles. The summed E-state index contributed by atoms with van der Waals surface area (Å²) >= 11 is 0. The summed E-state index contributed by atoms with van der Waals surface area (Å²) in [4.78, 5) is 14.7. The molecule has 1 aliphatic rings. The molecule has 20 heavy (non-hydrogen) atoms. The number of nitrogens with zero attached hydrogens (tertiary/aromatic N) is 4. The number of benzene rings is 1. The number of hydrogen-bond donors (Lipinski definition) is 2. The molecule has 0 bridgehead atoms. The van der Waals surface area contributed by atoms with Gasteiger partial charge >= 0.3 is 6.01 Å². The molecule has 1 aromatic heterocycles. The van der Waals surface area contributed by atoms with Gasteiger partial charge in [0.25, 0.3) is 0 Å². The number of ether oxygens (including phenoxy) is 1. The number of nitrogen functional groups attached to an aromatic ring is 1. The van der Waals surface area contributed by atoms with Gasteiger partial charge in [-0.05, 0) is 18.1 Å². The summed E-state index contributed by atoms with van der Waals surface area (Å²) in [5, 5.41) is 0. The molecule has 0 fully saturated rings. The van der Waals surface area contributed by atoms with Gasteiger partial charge in [-0.25, -0.2) is 5.84 Å². The standard InChI is InChI=1S/C13H16N6O/c1-2-20-13-16-11(18-14)15-12(17-13)19-7-9-5-3-4-6-10(9)8-19/h3-6H,2,7-8,14H2,1H3,(H,15,16,17,18). The lowest BCUT2D eigenvalue weighted by Crippen LogP contribution is -2.20. The van der Waals surface area contributed by atoms with Crippen LogP contribution in [0.15, 0.2) is 24.3 Å². The minimum atomic E-state index is 0.279. The molecule has 7 heteroatoms. The van der Waals surface area contributed by atoms with Crippen LogP contribution in [0.2, 0.25) is 0 Å². The van der Waals surface area contributed by atoms with Gasteiger partial charge in [0.1, 0.15) is 0 Å². The van der Waals surface area contributed by atoms with Crippen molar-refractivity contribution in [2.24, 2.45) is 5.84 Å². The maximum absolute atomic E-state index is 5.39. The second-order valence-electron chi connectivity index (χ2n) is 4.44. The van der Waals surface area contributed by atoms with Crippen molar-refractivity contribution >= 4 is 11.9 Å². The van der Waals surface area contributed by atoms with Crippen LogP contribution in [0.4, 0.5) is 11.9 Å². The van der Waals surface area contributed by atoms with Gasteiger partial charge in [-0.1, -0.05) is 24.3 Å². The first-order chi connectivity index (χ1) is 9.80. The molecule has 3 rings (SSSR count). The third kappa shape index (κ3) is 2.35. The van der Waals surface area contributed by atoms with E-state index in [1.807, 2.05) is 19.1 Å². The molecular weight excluding hydrogens is 256 g/mol. The highest BCUT2D eigenvalue weighted by Gasteiger charge is 2.22. The Morgan fingerprint density at radius 1 is 1.20 bits per heavy atom. The van der Waals surface area contributed by atoms with E-state index in [1.54, 1.807) is 0 Å². The van der Waals surface area contributed by atoms with Crippen LogP contribution in [0.1, 0.15) is 18.1 Å². The topological polar surface area (TPSA) is 89.2 Å². The van der Waals surface area contributed by atoms with Crippen molar-refractivity contribution < 1.29 is 4.74 Å². The molecule has 0 aliphatic carbocycles. The lowest BCUT2D eigenvalue weighted by atomic mass is 10.1. The number of anilines is 2. The van der Waals surface area contributed by atoms with E-state index in [0.717, 1.165) is 13.1 Å². The molecule has 0 radical (unpaired) electrons. The van der Waals surface area contributed by atoms with Crippen molar-refractivity contribution in [1.29, 1.82) is 0 Å². The lowest BCUT2D eigenvalue weighted by Gasteiger charge is -2.16. The first-order valence-electron chi connectivity index (χ1n) is 6.47. The van der Waals surface area contributed by atoms with E-state index in [2.05, 4.69) is 37.4 Å². The molecule has 0 saturated carbocycles. The molecule has 0 saturated heterocycles. The number of nitrogens with one attached hydrogen (secondary N) is 1. The van der Waals surface area contributed by atoms with E-state index in [-0.39, 0.29) is 6.01 Å². The van der Waals surface area contributed by atoms with Gasteiger partial charge in [-0.2, -0.15) is 15.0 Å². The van der Waals surface area contributed by atoms with Crippen LogP contribution in [0.25, 0.3) is 0 Å². The van der Waals surface area contributed by atoms with Gasteiger partial charge in [0.2, 0.25) is 11.9 Å².